The number of aryl methyl sites for hydroxylation is 2. The van der Waals surface area contributed by atoms with Crippen LogP contribution in [-0.2, 0) is 0 Å². The third kappa shape index (κ3) is 3.75. The average Bonchev–Trinajstić information content (AvgIpc) is 3.10. The smallest absolute Gasteiger partial charge is 0.292 e. The Bertz CT molecular complexity index is 1080. The van der Waals surface area contributed by atoms with E-state index in [-0.39, 0.29) is 17.6 Å². The number of carbonyl (C=O) groups excluding carboxylic acids is 2. The van der Waals surface area contributed by atoms with Crippen LogP contribution in [0.4, 0.5) is 5.69 Å². The largest absolute Gasteiger partial charge is 0.337 e. The minimum atomic E-state index is -0.329. The molecule has 4 rings (SSSR count). The van der Waals surface area contributed by atoms with Crippen LogP contribution in [0.25, 0.3) is 5.52 Å². The van der Waals surface area contributed by atoms with Gasteiger partial charge in [-0.2, -0.15) is 0 Å². The molecule has 1 aliphatic heterocycles. The number of piperidine rings is 1. The lowest BCUT2D eigenvalue weighted by molar-refractivity contribution is 0.0694. The second kappa shape index (κ2) is 7.70. The van der Waals surface area contributed by atoms with Gasteiger partial charge in [0.05, 0.1) is 5.52 Å². The van der Waals surface area contributed by atoms with E-state index in [1.807, 2.05) is 55.1 Å². The van der Waals surface area contributed by atoms with Gasteiger partial charge in [-0.05, 0) is 56.4 Å². The Labute approximate surface area is 170 Å². The zero-order chi connectivity index (χ0) is 20.5. The van der Waals surface area contributed by atoms with Crippen molar-refractivity contribution in [1.82, 2.24) is 14.3 Å². The Morgan fingerprint density at radius 3 is 2.59 bits per heavy atom. The molecule has 0 unspecified atom stereocenters. The highest BCUT2D eigenvalue weighted by Gasteiger charge is 2.27. The molecule has 0 bridgehead atoms. The van der Waals surface area contributed by atoms with Gasteiger partial charge in [-0.1, -0.05) is 30.7 Å². The van der Waals surface area contributed by atoms with Crippen LogP contribution < -0.4 is 5.32 Å². The molecule has 150 valence electrons. The zero-order valence-electron chi connectivity index (χ0n) is 17.1. The van der Waals surface area contributed by atoms with E-state index >= 15 is 0 Å². The van der Waals surface area contributed by atoms with Gasteiger partial charge in [-0.25, -0.2) is 4.98 Å². The first kappa shape index (κ1) is 19.2. The normalized spacial score (nSPS) is 14.9. The van der Waals surface area contributed by atoms with Gasteiger partial charge in [0, 0.05) is 25.0 Å². The second-order valence-corrected chi connectivity index (χ2v) is 7.99. The number of imidazole rings is 1. The molecule has 0 radical (unpaired) electrons. The molecule has 1 fully saturated rings. The summed E-state index contributed by atoms with van der Waals surface area (Å²) in [6.07, 6.45) is 3.77. The summed E-state index contributed by atoms with van der Waals surface area (Å²) in [6, 6.07) is 11.4. The molecular formula is C23H26N4O2. The van der Waals surface area contributed by atoms with Crippen LogP contribution in [0, 0.1) is 19.8 Å². The molecular weight excluding hydrogens is 364 g/mol. The maximum Gasteiger partial charge on any atom is 0.292 e. The fraction of sp³-hybridized carbons (Fsp3) is 0.348. The number of amides is 2. The van der Waals surface area contributed by atoms with E-state index in [2.05, 4.69) is 17.2 Å². The summed E-state index contributed by atoms with van der Waals surface area (Å²) in [4.78, 5) is 32.5. The van der Waals surface area contributed by atoms with Crippen LogP contribution in [0.2, 0.25) is 0 Å². The lowest BCUT2D eigenvalue weighted by atomic mass is 9.99. The molecule has 0 spiro atoms. The van der Waals surface area contributed by atoms with Gasteiger partial charge >= 0.3 is 0 Å². The van der Waals surface area contributed by atoms with E-state index in [1.165, 1.54) is 0 Å². The minimum absolute atomic E-state index is 0.105. The Kier molecular flexibility index (Phi) is 5.09. The number of aromatic nitrogens is 2. The number of anilines is 1. The third-order valence-electron chi connectivity index (χ3n) is 5.66. The van der Waals surface area contributed by atoms with Gasteiger partial charge in [0.25, 0.3) is 11.8 Å². The Morgan fingerprint density at radius 2 is 1.86 bits per heavy atom. The number of hydrogen-bond acceptors (Lipinski definition) is 3. The fourth-order valence-corrected chi connectivity index (χ4v) is 3.85. The summed E-state index contributed by atoms with van der Waals surface area (Å²) in [5.74, 6) is 0.418. The number of rotatable bonds is 3. The zero-order valence-corrected chi connectivity index (χ0v) is 17.1. The number of pyridine rings is 1. The Morgan fingerprint density at radius 1 is 1.10 bits per heavy atom. The molecule has 0 atom stereocenters. The third-order valence-corrected chi connectivity index (χ3v) is 5.66. The maximum atomic E-state index is 13.1. The monoisotopic (exact) mass is 390 g/mol. The molecule has 1 N–H and O–H groups in total. The minimum Gasteiger partial charge on any atom is -0.337 e. The molecule has 1 saturated heterocycles. The molecule has 2 amide bonds. The van der Waals surface area contributed by atoms with E-state index in [4.69, 9.17) is 0 Å². The van der Waals surface area contributed by atoms with Gasteiger partial charge in [0.15, 0.2) is 5.69 Å². The lowest BCUT2D eigenvalue weighted by Crippen LogP contribution is -2.38. The fourth-order valence-electron chi connectivity index (χ4n) is 3.85. The molecule has 1 aromatic carbocycles. The molecule has 3 heterocycles. The van der Waals surface area contributed by atoms with Gasteiger partial charge < -0.3 is 10.2 Å². The summed E-state index contributed by atoms with van der Waals surface area (Å²) in [5.41, 5.74) is 3.85. The number of nitrogens with zero attached hydrogens (tertiary/aromatic N) is 3. The summed E-state index contributed by atoms with van der Waals surface area (Å²) in [5, 5.41) is 2.94. The van der Waals surface area contributed by atoms with Gasteiger partial charge in [0.2, 0.25) is 5.82 Å². The van der Waals surface area contributed by atoms with E-state index in [0.29, 0.717) is 17.1 Å². The van der Waals surface area contributed by atoms with Crippen molar-refractivity contribution in [3.8, 4) is 0 Å². The van der Waals surface area contributed by atoms with Crippen molar-refractivity contribution in [2.45, 2.75) is 33.6 Å². The summed E-state index contributed by atoms with van der Waals surface area (Å²) >= 11 is 0. The van der Waals surface area contributed by atoms with E-state index < -0.39 is 0 Å². The Hall–Kier alpha value is -3.15. The number of fused-ring (bicyclic) bond motifs is 1. The van der Waals surface area contributed by atoms with Crippen molar-refractivity contribution in [2.75, 3.05) is 18.4 Å². The van der Waals surface area contributed by atoms with Crippen LogP contribution in [0.1, 0.15) is 52.0 Å². The first-order chi connectivity index (χ1) is 13.9. The predicted molar refractivity (Wildman–Crippen MR) is 113 cm³/mol. The number of carbonyl (C=O) groups is 2. The molecule has 29 heavy (non-hydrogen) atoms. The van der Waals surface area contributed by atoms with Gasteiger partial charge in [-0.15, -0.1) is 0 Å². The SMILES string of the molecule is Cc1ccc(NC(=O)c2nc(C(=O)N3CCC(C)CC3)c3ccccn23)c(C)c1. The van der Waals surface area contributed by atoms with Crippen LogP contribution in [0.3, 0.4) is 0 Å². The highest BCUT2D eigenvalue weighted by Crippen LogP contribution is 2.22. The van der Waals surface area contributed by atoms with Crippen molar-refractivity contribution >= 4 is 23.0 Å². The summed E-state index contributed by atoms with van der Waals surface area (Å²) < 4.78 is 1.69. The van der Waals surface area contributed by atoms with Crippen LogP contribution in [0.5, 0.6) is 0 Å². The molecule has 0 aliphatic carbocycles. The lowest BCUT2D eigenvalue weighted by Gasteiger charge is -2.29. The van der Waals surface area contributed by atoms with Crippen LogP contribution >= 0.6 is 0 Å². The molecule has 6 heteroatoms. The second-order valence-electron chi connectivity index (χ2n) is 7.99. The average molecular weight is 390 g/mol. The van der Waals surface area contributed by atoms with Crippen molar-refractivity contribution < 1.29 is 9.59 Å². The maximum absolute atomic E-state index is 13.1. The first-order valence-electron chi connectivity index (χ1n) is 10.1. The van der Waals surface area contributed by atoms with Crippen molar-refractivity contribution in [3.63, 3.8) is 0 Å². The highest BCUT2D eigenvalue weighted by atomic mass is 16.2. The van der Waals surface area contributed by atoms with E-state index in [0.717, 1.165) is 42.7 Å². The first-order valence-corrected chi connectivity index (χ1v) is 10.1. The quantitative estimate of drug-likeness (QED) is 0.733. The number of benzene rings is 1. The van der Waals surface area contributed by atoms with E-state index in [9.17, 15) is 9.59 Å². The van der Waals surface area contributed by atoms with E-state index in [1.54, 1.807) is 10.6 Å². The summed E-state index contributed by atoms with van der Waals surface area (Å²) in [6.45, 7) is 7.65. The number of nitrogens with one attached hydrogen (secondary N) is 1. The van der Waals surface area contributed by atoms with Gasteiger partial charge in [-0.3, -0.25) is 14.0 Å². The standard InChI is InChI=1S/C23H26N4O2/c1-15-9-12-26(13-10-15)23(29)20-19-6-4-5-11-27(19)21(25-20)22(28)24-18-8-7-16(2)14-17(18)3/h4-8,11,14-15H,9-10,12-13H2,1-3H3,(H,24,28). The van der Waals surface area contributed by atoms with Crippen molar-refractivity contribution in [2.24, 2.45) is 5.92 Å². The highest BCUT2D eigenvalue weighted by molar-refractivity contribution is 6.06. The van der Waals surface area contributed by atoms with Crippen molar-refractivity contribution in [1.29, 1.82) is 0 Å². The molecule has 0 saturated carbocycles. The van der Waals surface area contributed by atoms with Gasteiger partial charge in [0.1, 0.15) is 0 Å². The number of likely N-dealkylation sites (tertiary alicyclic amines) is 1. The predicted octanol–water partition coefficient (Wildman–Crippen LogP) is 4.08. The topological polar surface area (TPSA) is 66.7 Å². The van der Waals surface area contributed by atoms with Crippen molar-refractivity contribution in [3.05, 3.63) is 65.2 Å². The summed E-state index contributed by atoms with van der Waals surface area (Å²) in [7, 11) is 0. The molecule has 6 nitrogen and oxygen atoms in total. The van der Waals surface area contributed by atoms with Crippen LogP contribution in [0.15, 0.2) is 42.6 Å². The van der Waals surface area contributed by atoms with Crippen LogP contribution in [-0.4, -0.2) is 39.2 Å². The molecule has 1 aliphatic rings. The molecule has 3 aromatic rings. The Balaban J connectivity index is 1.67. The number of hydrogen-bond donors (Lipinski definition) is 1. The molecule has 2 aromatic heterocycles.